The van der Waals surface area contributed by atoms with Gasteiger partial charge in [-0.05, 0) is 29.7 Å². The van der Waals surface area contributed by atoms with E-state index in [1.165, 1.54) is 4.57 Å². The molecule has 1 spiro atoms. The van der Waals surface area contributed by atoms with Gasteiger partial charge in [0.05, 0.1) is 18.0 Å². The molecule has 1 saturated carbocycles. The molecule has 2 aromatic carbocycles. The molecule has 0 bridgehead atoms. The maximum Gasteiger partial charge on any atom is 0.263 e. The number of benzene rings is 2. The summed E-state index contributed by atoms with van der Waals surface area (Å²) in [7, 11) is 1.55. The van der Waals surface area contributed by atoms with Gasteiger partial charge in [-0.3, -0.25) is 19.0 Å². The highest BCUT2D eigenvalue weighted by Gasteiger charge is 2.59. The highest BCUT2D eigenvalue weighted by atomic mass is 16.5. The fourth-order valence-corrected chi connectivity index (χ4v) is 4.79. The third-order valence-corrected chi connectivity index (χ3v) is 6.05. The molecule has 2 aliphatic rings. The van der Waals surface area contributed by atoms with Crippen LogP contribution in [-0.2, 0) is 15.1 Å². The van der Waals surface area contributed by atoms with Gasteiger partial charge in [0.25, 0.3) is 5.56 Å². The highest BCUT2D eigenvalue weighted by Crippen LogP contribution is 2.50. The molecule has 0 amide bonds. The molecule has 29 heavy (non-hydrogen) atoms. The molecule has 0 saturated heterocycles. The van der Waals surface area contributed by atoms with E-state index in [0.29, 0.717) is 33.6 Å². The number of carbonyl (C=O) groups is 2. The van der Waals surface area contributed by atoms with E-state index in [2.05, 4.69) is 0 Å². The number of Topliss-reactive ketones (excluding diaryl/α,β-unsaturated/α-hetero) is 2. The number of aromatic nitrogens is 2. The first kappa shape index (κ1) is 17.8. The molecule has 146 valence electrons. The minimum Gasteiger partial charge on any atom is -0.497 e. The van der Waals surface area contributed by atoms with Crippen LogP contribution >= 0.6 is 0 Å². The Labute approximate surface area is 167 Å². The van der Waals surface area contributed by atoms with Crippen molar-refractivity contribution in [3.05, 3.63) is 58.4 Å². The average molecular weight is 388 g/mol. The first-order chi connectivity index (χ1) is 13.8. The fraction of sp³-hybridized carbons (Fsp3) is 0.304. The molecule has 6 nitrogen and oxygen atoms in total. The van der Waals surface area contributed by atoms with Gasteiger partial charge in [0.1, 0.15) is 11.6 Å². The van der Waals surface area contributed by atoms with E-state index in [0.717, 1.165) is 0 Å². The number of methoxy groups -OCH3 is 1. The summed E-state index contributed by atoms with van der Waals surface area (Å²) < 4.78 is 6.68. The normalized spacial score (nSPS) is 18.7. The molecule has 1 aromatic heterocycles. The molecule has 6 heteroatoms. The van der Waals surface area contributed by atoms with Crippen molar-refractivity contribution in [3.8, 4) is 17.1 Å². The SMILES string of the molecule is COc1ccc2c(c1)-c1nc3ccccc3c(=O)n1C21C(=O)CC(C)(C)CC1=O. The molecule has 0 N–H and O–H groups in total. The molecule has 0 atom stereocenters. The lowest BCUT2D eigenvalue weighted by Crippen LogP contribution is -2.57. The minimum absolute atomic E-state index is 0.211. The summed E-state index contributed by atoms with van der Waals surface area (Å²) in [6.45, 7) is 3.81. The van der Waals surface area contributed by atoms with Crippen molar-refractivity contribution in [3.63, 3.8) is 0 Å². The summed E-state index contributed by atoms with van der Waals surface area (Å²) in [4.78, 5) is 45.4. The fourth-order valence-electron chi connectivity index (χ4n) is 4.79. The lowest BCUT2D eigenvalue weighted by Gasteiger charge is -2.40. The van der Waals surface area contributed by atoms with Crippen LogP contribution in [0.2, 0.25) is 0 Å². The van der Waals surface area contributed by atoms with Crippen molar-refractivity contribution in [1.82, 2.24) is 9.55 Å². The van der Waals surface area contributed by atoms with Crippen LogP contribution in [0.25, 0.3) is 22.3 Å². The second kappa shape index (κ2) is 5.63. The van der Waals surface area contributed by atoms with Gasteiger partial charge >= 0.3 is 0 Å². The van der Waals surface area contributed by atoms with Crippen molar-refractivity contribution in [2.45, 2.75) is 32.2 Å². The Morgan fingerprint density at radius 1 is 1.00 bits per heavy atom. The number of para-hydroxylation sites is 1. The molecule has 1 aliphatic heterocycles. The highest BCUT2D eigenvalue weighted by molar-refractivity contribution is 6.17. The third kappa shape index (κ3) is 2.17. The number of ketones is 2. The minimum atomic E-state index is -1.65. The monoisotopic (exact) mass is 388 g/mol. The van der Waals surface area contributed by atoms with Gasteiger partial charge in [-0.25, -0.2) is 4.98 Å². The first-order valence-electron chi connectivity index (χ1n) is 9.57. The largest absolute Gasteiger partial charge is 0.497 e. The van der Waals surface area contributed by atoms with E-state index in [9.17, 15) is 14.4 Å². The molecule has 1 aliphatic carbocycles. The zero-order valence-electron chi connectivity index (χ0n) is 16.5. The third-order valence-electron chi connectivity index (χ3n) is 6.05. The summed E-state index contributed by atoms with van der Waals surface area (Å²) in [5.74, 6) is 0.390. The van der Waals surface area contributed by atoms with Crippen LogP contribution in [0.4, 0.5) is 0 Å². The van der Waals surface area contributed by atoms with Gasteiger partial charge in [-0.2, -0.15) is 0 Å². The summed E-state index contributed by atoms with van der Waals surface area (Å²) in [5, 5.41) is 0.390. The Morgan fingerprint density at radius 3 is 2.38 bits per heavy atom. The van der Waals surface area contributed by atoms with E-state index in [1.54, 1.807) is 43.5 Å². The van der Waals surface area contributed by atoms with Gasteiger partial charge in [0.15, 0.2) is 17.1 Å². The second-order valence-electron chi connectivity index (χ2n) is 8.58. The van der Waals surface area contributed by atoms with Crippen molar-refractivity contribution in [2.24, 2.45) is 5.41 Å². The number of nitrogens with zero attached hydrogens (tertiary/aromatic N) is 2. The summed E-state index contributed by atoms with van der Waals surface area (Å²) >= 11 is 0. The zero-order valence-corrected chi connectivity index (χ0v) is 16.5. The van der Waals surface area contributed by atoms with Gasteiger partial charge < -0.3 is 4.74 Å². The molecule has 5 rings (SSSR count). The molecular weight excluding hydrogens is 368 g/mol. The van der Waals surface area contributed by atoms with Crippen LogP contribution in [0.1, 0.15) is 32.3 Å². The lowest BCUT2D eigenvalue weighted by molar-refractivity contribution is -0.143. The second-order valence-corrected chi connectivity index (χ2v) is 8.58. The number of ether oxygens (including phenoxy) is 1. The predicted molar refractivity (Wildman–Crippen MR) is 108 cm³/mol. The number of carbonyl (C=O) groups excluding carboxylic acids is 2. The number of fused-ring (bicyclic) bond motifs is 6. The van der Waals surface area contributed by atoms with Crippen molar-refractivity contribution in [1.29, 1.82) is 0 Å². The van der Waals surface area contributed by atoms with E-state index in [-0.39, 0.29) is 30.0 Å². The average Bonchev–Trinajstić information content (AvgIpc) is 2.97. The van der Waals surface area contributed by atoms with Crippen LogP contribution in [0, 0.1) is 5.41 Å². The van der Waals surface area contributed by atoms with Crippen LogP contribution in [0.5, 0.6) is 5.75 Å². The van der Waals surface area contributed by atoms with Crippen LogP contribution in [0.15, 0.2) is 47.3 Å². The Hall–Kier alpha value is -3.28. The van der Waals surface area contributed by atoms with E-state index in [4.69, 9.17) is 9.72 Å². The Morgan fingerprint density at radius 2 is 1.69 bits per heavy atom. The zero-order chi connectivity index (χ0) is 20.6. The smallest absolute Gasteiger partial charge is 0.263 e. The van der Waals surface area contributed by atoms with Crippen molar-refractivity contribution >= 4 is 22.5 Å². The topological polar surface area (TPSA) is 78.3 Å². The molecule has 1 fully saturated rings. The van der Waals surface area contributed by atoms with Gasteiger partial charge in [-0.15, -0.1) is 0 Å². The maximum absolute atomic E-state index is 13.6. The van der Waals surface area contributed by atoms with E-state index >= 15 is 0 Å². The maximum atomic E-state index is 13.6. The summed E-state index contributed by atoms with van der Waals surface area (Å²) in [5.41, 5.74) is -0.825. The summed E-state index contributed by atoms with van der Waals surface area (Å²) in [6, 6.07) is 12.2. The predicted octanol–water partition coefficient (Wildman–Crippen LogP) is 3.09. The van der Waals surface area contributed by atoms with Gasteiger partial charge in [-0.1, -0.05) is 32.0 Å². The Bertz CT molecular complexity index is 1270. The molecule has 3 aromatic rings. The Balaban J connectivity index is 1.95. The van der Waals surface area contributed by atoms with Crippen LogP contribution < -0.4 is 10.3 Å². The molecule has 0 radical (unpaired) electrons. The van der Waals surface area contributed by atoms with E-state index < -0.39 is 11.0 Å². The van der Waals surface area contributed by atoms with Crippen LogP contribution in [-0.4, -0.2) is 28.2 Å². The molecular formula is C23H20N2O4. The van der Waals surface area contributed by atoms with Crippen molar-refractivity contribution < 1.29 is 14.3 Å². The van der Waals surface area contributed by atoms with Gasteiger partial charge in [0.2, 0.25) is 0 Å². The number of hydrogen-bond acceptors (Lipinski definition) is 5. The number of rotatable bonds is 1. The van der Waals surface area contributed by atoms with Crippen molar-refractivity contribution in [2.75, 3.05) is 7.11 Å². The summed E-state index contributed by atoms with van der Waals surface area (Å²) in [6.07, 6.45) is 0.422. The van der Waals surface area contributed by atoms with E-state index in [1.807, 2.05) is 19.9 Å². The molecule has 2 heterocycles. The van der Waals surface area contributed by atoms with Gasteiger partial charge in [0, 0.05) is 24.0 Å². The quantitative estimate of drug-likeness (QED) is 0.599. The first-order valence-corrected chi connectivity index (χ1v) is 9.57. The number of hydrogen-bond donors (Lipinski definition) is 0. The van der Waals surface area contributed by atoms with Crippen LogP contribution in [0.3, 0.4) is 0 Å². The Kier molecular flexibility index (Phi) is 3.45. The lowest BCUT2D eigenvalue weighted by atomic mass is 9.65. The molecule has 0 unspecified atom stereocenters. The standard InChI is InChI=1S/C23H20N2O4/c1-22(2)11-18(26)23(19(27)12-22)16-9-8-13(29-3)10-15(16)20-24-17-7-5-4-6-14(17)21(28)25(20)23/h4-10H,11-12H2,1-3H3.